The fourth-order valence-electron chi connectivity index (χ4n) is 5.18. The molecule has 210 valence electrons. The number of esters is 3. The second-order valence-electron chi connectivity index (χ2n) is 9.49. The summed E-state index contributed by atoms with van der Waals surface area (Å²) >= 11 is 1.09. The van der Waals surface area contributed by atoms with Crippen LogP contribution in [0.5, 0.6) is 0 Å². The molecular formula is C28H28N2O9S. The third-order valence-corrected chi connectivity index (χ3v) is 7.77. The molecule has 0 radical (unpaired) electrons. The number of fused-ring (bicyclic) bond motifs is 4. The van der Waals surface area contributed by atoms with Gasteiger partial charge >= 0.3 is 24.0 Å². The Labute approximate surface area is 234 Å². The molecule has 5 atom stereocenters. The van der Waals surface area contributed by atoms with Crippen LogP contribution in [0.4, 0.5) is 4.79 Å². The molecule has 1 amide bonds. The summed E-state index contributed by atoms with van der Waals surface area (Å²) in [5.41, 5.74) is 3.70. The van der Waals surface area contributed by atoms with Gasteiger partial charge in [0, 0.05) is 26.7 Å². The highest BCUT2D eigenvalue weighted by atomic mass is 32.2. The molecule has 2 aromatic rings. The van der Waals surface area contributed by atoms with E-state index in [2.05, 4.69) is 22.4 Å². The molecule has 2 aliphatic heterocycles. The van der Waals surface area contributed by atoms with Crippen molar-refractivity contribution in [2.45, 2.75) is 56.5 Å². The Kier molecular flexibility index (Phi) is 8.08. The number of aliphatic imine (C=N–C) groups is 1. The first-order chi connectivity index (χ1) is 19.2. The predicted molar refractivity (Wildman–Crippen MR) is 143 cm³/mol. The van der Waals surface area contributed by atoms with Gasteiger partial charge in [-0.05, 0) is 22.3 Å². The molecule has 1 aliphatic carbocycles. The van der Waals surface area contributed by atoms with E-state index >= 15 is 0 Å². The van der Waals surface area contributed by atoms with Gasteiger partial charge in [0.25, 0.3) is 0 Å². The SMILES string of the molecule is CC(=O)OC[C@H]1O[C@@H]2SC(NC(=O)OCC3c4ccccc4-c4ccccc43)=N[C@@H]2[C@@H](OC(C)=O)[C@@H]1OC(C)=O. The van der Waals surface area contributed by atoms with Crippen LogP contribution in [0, 0.1) is 0 Å². The maximum Gasteiger partial charge on any atom is 0.413 e. The van der Waals surface area contributed by atoms with Gasteiger partial charge in [-0.1, -0.05) is 60.3 Å². The molecule has 0 spiro atoms. The number of hydrogen-bond acceptors (Lipinski definition) is 11. The lowest BCUT2D eigenvalue weighted by Crippen LogP contribution is -2.59. The van der Waals surface area contributed by atoms with Gasteiger partial charge in [-0.3, -0.25) is 24.7 Å². The van der Waals surface area contributed by atoms with Crippen LogP contribution in [0.2, 0.25) is 0 Å². The standard InChI is InChI=1S/C28H28N2O9S/c1-14(31)35-13-22-24(37-15(2)32)25(38-16(3)33)23-26(39-22)40-27(29-23)30-28(34)36-12-21-19-10-6-4-8-17(19)18-9-5-7-11-20(18)21/h4-11,21-26H,12-13H2,1-3H3,(H,29,30,34)/t22-,23-,24-,25-,26-/m1/s1. The molecule has 1 N–H and O–H groups in total. The minimum atomic E-state index is -1.08. The van der Waals surface area contributed by atoms with Crippen LogP contribution < -0.4 is 5.32 Å². The minimum Gasteiger partial charge on any atom is -0.463 e. The summed E-state index contributed by atoms with van der Waals surface area (Å²) in [5, 5.41) is 2.83. The molecule has 1 fully saturated rings. The van der Waals surface area contributed by atoms with Gasteiger partial charge in [-0.2, -0.15) is 0 Å². The van der Waals surface area contributed by atoms with Crippen LogP contribution in [0.15, 0.2) is 53.5 Å². The number of rotatable bonds is 6. The van der Waals surface area contributed by atoms with Gasteiger partial charge < -0.3 is 23.7 Å². The van der Waals surface area contributed by atoms with E-state index in [4.69, 9.17) is 23.7 Å². The molecule has 0 aromatic heterocycles. The lowest BCUT2D eigenvalue weighted by molar-refractivity contribution is -0.208. The maximum absolute atomic E-state index is 12.8. The van der Waals surface area contributed by atoms with Crippen molar-refractivity contribution in [3.63, 3.8) is 0 Å². The van der Waals surface area contributed by atoms with Crippen molar-refractivity contribution < 1.29 is 42.9 Å². The molecule has 2 heterocycles. The van der Waals surface area contributed by atoms with E-state index in [1.165, 1.54) is 20.8 Å². The number of nitrogens with zero attached hydrogens (tertiary/aromatic N) is 1. The number of ether oxygens (including phenoxy) is 5. The lowest BCUT2D eigenvalue weighted by Gasteiger charge is -2.41. The van der Waals surface area contributed by atoms with Crippen molar-refractivity contribution in [2.75, 3.05) is 13.2 Å². The second kappa shape index (κ2) is 11.7. The summed E-state index contributed by atoms with van der Waals surface area (Å²) < 4.78 is 27.6. The second-order valence-corrected chi connectivity index (χ2v) is 10.6. The minimum absolute atomic E-state index is 0.109. The first-order valence-electron chi connectivity index (χ1n) is 12.7. The van der Waals surface area contributed by atoms with Crippen molar-refractivity contribution in [1.82, 2.24) is 5.32 Å². The smallest absolute Gasteiger partial charge is 0.413 e. The number of carbonyl (C=O) groups excluding carboxylic acids is 4. The van der Waals surface area contributed by atoms with E-state index in [0.717, 1.165) is 34.0 Å². The number of amides is 1. The summed E-state index contributed by atoms with van der Waals surface area (Å²) in [6, 6.07) is 15.2. The molecular weight excluding hydrogens is 540 g/mol. The summed E-state index contributed by atoms with van der Waals surface area (Å²) in [5.74, 6) is -1.91. The zero-order chi connectivity index (χ0) is 28.4. The normalized spacial score (nSPS) is 24.6. The van der Waals surface area contributed by atoms with Gasteiger partial charge in [-0.25, -0.2) is 4.79 Å². The quantitative estimate of drug-likeness (QED) is 0.408. The van der Waals surface area contributed by atoms with E-state index in [9.17, 15) is 19.2 Å². The number of nitrogens with one attached hydrogen (secondary N) is 1. The largest absolute Gasteiger partial charge is 0.463 e. The summed E-state index contributed by atoms with van der Waals surface area (Å²) in [6.45, 7) is 3.55. The molecule has 0 unspecified atom stereocenters. The Morgan fingerprint density at radius 1 is 0.825 bits per heavy atom. The molecule has 5 rings (SSSR count). The summed E-state index contributed by atoms with van der Waals surface area (Å²) in [6.07, 6.45) is -3.74. The lowest BCUT2D eigenvalue weighted by atomic mass is 9.98. The van der Waals surface area contributed by atoms with Crippen molar-refractivity contribution in [3.8, 4) is 11.1 Å². The Hall–Kier alpha value is -3.90. The zero-order valence-corrected chi connectivity index (χ0v) is 22.8. The van der Waals surface area contributed by atoms with Crippen molar-refractivity contribution in [3.05, 3.63) is 59.7 Å². The topological polar surface area (TPSA) is 139 Å². The number of benzene rings is 2. The number of alkyl carbamates (subject to hydrolysis) is 1. The molecule has 1 saturated heterocycles. The van der Waals surface area contributed by atoms with Gasteiger partial charge in [0.15, 0.2) is 17.4 Å². The Morgan fingerprint density at radius 3 is 2.02 bits per heavy atom. The first-order valence-corrected chi connectivity index (χ1v) is 13.6. The van der Waals surface area contributed by atoms with E-state index in [-0.39, 0.29) is 24.3 Å². The maximum atomic E-state index is 12.8. The fraction of sp³-hybridized carbons (Fsp3) is 0.393. The molecule has 2 aromatic carbocycles. The Balaban J connectivity index is 1.28. The summed E-state index contributed by atoms with van der Waals surface area (Å²) in [4.78, 5) is 52.5. The van der Waals surface area contributed by atoms with Crippen LogP contribution in [0.3, 0.4) is 0 Å². The molecule has 0 bridgehead atoms. The van der Waals surface area contributed by atoms with Gasteiger partial charge in [-0.15, -0.1) is 0 Å². The highest BCUT2D eigenvalue weighted by Crippen LogP contribution is 2.44. The molecule has 12 heteroatoms. The van der Waals surface area contributed by atoms with Crippen molar-refractivity contribution >= 4 is 40.9 Å². The number of thioether (sulfide) groups is 1. The van der Waals surface area contributed by atoms with Crippen molar-refractivity contribution in [1.29, 1.82) is 0 Å². The Morgan fingerprint density at radius 2 is 1.43 bits per heavy atom. The number of hydrogen-bond donors (Lipinski definition) is 1. The van der Waals surface area contributed by atoms with Crippen LogP contribution in [-0.4, -0.2) is 72.2 Å². The molecule has 11 nitrogen and oxygen atoms in total. The fourth-order valence-corrected chi connectivity index (χ4v) is 6.28. The van der Waals surface area contributed by atoms with Gasteiger partial charge in [0.05, 0.1) is 0 Å². The predicted octanol–water partition coefficient (Wildman–Crippen LogP) is 3.15. The van der Waals surface area contributed by atoms with Crippen molar-refractivity contribution in [2.24, 2.45) is 4.99 Å². The molecule has 3 aliphatic rings. The average Bonchev–Trinajstić information content (AvgIpc) is 3.45. The molecule has 40 heavy (non-hydrogen) atoms. The third kappa shape index (κ3) is 5.82. The highest BCUT2D eigenvalue weighted by molar-refractivity contribution is 8.14. The monoisotopic (exact) mass is 568 g/mol. The van der Waals surface area contributed by atoms with Crippen LogP contribution in [-0.2, 0) is 38.1 Å². The third-order valence-electron chi connectivity index (χ3n) is 6.72. The summed E-state index contributed by atoms with van der Waals surface area (Å²) in [7, 11) is 0. The highest BCUT2D eigenvalue weighted by Gasteiger charge is 2.53. The van der Waals surface area contributed by atoms with E-state index in [1.807, 2.05) is 36.4 Å². The molecule has 0 saturated carbocycles. The number of carbonyl (C=O) groups is 4. The zero-order valence-electron chi connectivity index (χ0n) is 22.0. The van der Waals surface area contributed by atoms with Crippen LogP contribution in [0.1, 0.15) is 37.8 Å². The van der Waals surface area contributed by atoms with Gasteiger partial charge in [0.1, 0.15) is 30.8 Å². The van der Waals surface area contributed by atoms with E-state index in [1.54, 1.807) is 0 Å². The van der Waals surface area contributed by atoms with E-state index < -0.39 is 53.8 Å². The number of amidine groups is 1. The van der Waals surface area contributed by atoms with Crippen LogP contribution in [0.25, 0.3) is 11.1 Å². The van der Waals surface area contributed by atoms with Gasteiger partial charge in [0.2, 0.25) is 0 Å². The van der Waals surface area contributed by atoms with Crippen LogP contribution >= 0.6 is 11.8 Å². The Bertz CT molecular complexity index is 1320. The average molecular weight is 569 g/mol. The van der Waals surface area contributed by atoms with E-state index in [0.29, 0.717) is 0 Å². The first kappa shape index (κ1) is 27.7.